The van der Waals surface area contributed by atoms with E-state index in [2.05, 4.69) is 10.3 Å². The lowest BCUT2D eigenvalue weighted by Gasteiger charge is -2.24. The van der Waals surface area contributed by atoms with Crippen LogP contribution in [0.3, 0.4) is 0 Å². The van der Waals surface area contributed by atoms with Gasteiger partial charge in [-0.1, -0.05) is 19.9 Å². The molecule has 9 nitrogen and oxygen atoms in total. The van der Waals surface area contributed by atoms with Gasteiger partial charge in [-0.05, 0) is 24.5 Å². The molecule has 0 fully saturated rings. The zero-order chi connectivity index (χ0) is 20.6. The highest BCUT2D eigenvalue weighted by Crippen LogP contribution is 2.06. The summed E-state index contributed by atoms with van der Waals surface area (Å²) in [7, 11) is 0. The van der Waals surface area contributed by atoms with Crippen molar-refractivity contribution >= 4 is 23.8 Å². The quantitative estimate of drug-likeness (QED) is 0.462. The maximum atomic E-state index is 12.5. The fourth-order valence-corrected chi connectivity index (χ4v) is 2.15. The Balaban J connectivity index is 2.85. The smallest absolute Gasteiger partial charge is 0.326 e. The van der Waals surface area contributed by atoms with Crippen LogP contribution < -0.4 is 10.6 Å². The van der Waals surface area contributed by atoms with E-state index in [-0.39, 0.29) is 12.8 Å². The lowest BCUT2D eigenvalue weighted by atomic mass is 10.0. The molecule has 26 heavy (non-hydrogen) atoms. The lowest BCUT2D eigenvalue weighted by Crippen LogP contribution is -2.54. The van der Waals surface area contributed by atoms with E-state index in [4.69, 9.17) is 11.6 Å². The van der Waals surface area contributed by atoms with Crippen molar-refractivity contribution in [3.8, 4) is 0 Å². The minimum atomic E-state index is -1.42. The normalized spacial score (nSPS) is 13.4. The summed E-state index contributed by atoms with van der Waals surface area (Å²) in [5, 5.41) is 20.6. The summed E-state index contributed by atoms with van der Waals surface area (Å²) in [6.45, 7) is 3.24. The monoisotopic (exact) mass is 366 g/mol. The van der Waals surface area contributed by atoms with Gasteiger partial charge in [-0.25, -0.2) is 4.79 Å². The summed E-state index contributed by atoms with van der Waals surface area (Å²) in [5.74, 6) is -4.54. The van der Waals surface area contributed by atoms with Gasteiger partial charge in [-0.2, -0.15) is 0 Å². The van der Waals surface area contributed by atoms with E-state index in [0.29, 0.717) is 11.0 Å². The van der Waals surface area contributed by atoms with Gasteiger partial charge in [0.05, 0.1) is 6.42 Å². The van der Waals surface area contributed by atoms with E-state index >= 15 is 0 Å². The number of carboxylic acid groups (broad SMARTS) is 2. The molecular weight excluding hydrogens is 342 g/mol. The zero-order valence-electron chi connectivity index (χ0n) is 15.6. The number of nitrogens with one attached hydrogen (secondary N) is 2. The predicted octanol–water partition coefficient (Wildman–Crippen LogP) is 0.199. The van der Waals surface area contributed by atoms with Crippen LogP contribution in [0.5, 0.6) is 0 Å². The van der Waals surface area contributed by atoms with E-state index in [9.17, 15) is 19.2 Å². The van der Waals surface area contributed by atoms with Crippen molar-refractivity contribution in [3.05, 3.63) is 30.1 Å². The average molecular weight is 366 g/mol. The number of carboxylic acids is 2. The maximum absolute atomic E-state index is 12.5. The maximum Gasteiger partial charge on any atom is 0.326 e. The average Bonchev–Trinajstić information content (AvgIpc) is 2.58. The molecule has 2 amide bonds. The number of hydrogen-bond acceptors (Lipinski definition) is 5. The van der Waals surface area contributed by atoms with Gasteiger partial charge in [-0.3, -0.25) is 19.4 Å². The largest absolute Gasteiger partial charge is 0.481 e. The summed E-state index contributed by atoms with van der Waals surface area (Å²) in [4.78, 5) is 50.7. The fraction of sp³-hybridized carbons (Fsp3) is 0.471. The Kier molecular flexibility index (Phi) is 7.53. The Hall–Kier alpha value is -2.97. The van der Waals surface area contributed by atoms with Gasteiger partial charge in [0.25, 0.3) is 0 Å². The summed E-state index contributed by atoms with van der Waals surface area (Å²) >= 11 is 0. The first-order chi connectivity index (χ1) is 12.6. The molecule has 1 aromatic heterocycles. The van der Waals surface area contributed by atoms with Crippen LogP contribution in [-0.4, -0.2) is 51.0 Å². The summed E-state index contributed by atoms with van der Waals surface area (Å²) in [6, 6.07) is 2.33. The number of carbonyl (C=O) groups excluding carboxylic acids is 2. The molecule has 1 rings (SSSR count). The molecular formula is C17H23N3O6. The second kappa shape index (κ2) is 10.1. The number of nitrogens with zero attached hydrogens (tertiary/aromatic N) is 1. The van der Waals surface area contributed by atoms with E-state index in [0.717, 1.165) is 0 Å². The van der Waals surface area contributed by atoms with Gasteiger partial charge < -0.3 is 20.8 Å². The Morgan fingerprint density at radius 3 is 2.42 bits per heavy atom. The van der Waals surface area contributed by atoms with Crippen LogP contribution in [0.15, 0.2) is 24.4 Å². The molecule has 142 valence electrons. The van der Waals surface area contributed by atoms with Crippen LogP contribution in [0.2, 0.25) is 1.41 Å². The first kappa shape index (κ1) is 19.4. The molecule has 0 aliphatic carbocycles. The third-order valence-electron chi connectivity index (χ3n) is 3.50. The van der Waals surface area contributed by atoms with Crippen molar-refractivity contribution in [1.29, 1.82) is 0 Å². The van der Waals surface area contributed by atoms with Crippen LogP contribution in [0.25, 0.3) is 0 Å². The van der Waals surface area contributed by atoms with Crippen molar-refractivity contribution in [1.82, 2.24) is 15.6 Å². The standard InChI is InChI=1S/C17H23N3O6/c1-10(2)15(20-13(21)9-11-5-3-4-8-18-11)16(24)19-12(17(25)26)6-7-14(22)23/h3-5,8,10,12,15H,6-7,9H2,1-2H3,(H,19,24)(H,20,21)(H,22,23)(H,25,26)/t12-,15-/m0/s1/i/hD. The SMILES string of the molecule is [2H]N(C(=O)Cc1ccccn1)[C@H](C(=O)N[C@@H](CCC(=O)O)C(=O)O)C(C)C. The van der Waals surface area contributed by atoms with Gasteiger partial charge in [-0.15, -0.1) is 0 Å². The van der Waals surface area contributed by atoms with Crippen LogP contribution in [0.4, 0.5) is 0 Å². The van der Waals surface area contributed by atoms with Gasteiger partial charge in [0.2, 0.25) is 11.8 Å². The third-order valence-corrected chi connectivity index (χ3v) is 3.50. The molecule has 0 aliphatic rings. The van der Waals surface area contributed by atoms with Gasteiger partial charge in [0.1, 0.15) is 12.1 Å². The molecule has 0 aliphatic heterocycles. The number of hydrogen-bond donors (Lipinski definition) is 4. The summed E-state index contributed by atoms with van der Waals surface area (Å²) in [5.41, 5.74) is 0.438. The number of aliphatic carboxylic acids is 2. The predicted molar refractivity (Wildman–Crippen MR) is 91.1 cm³/mol. The second-order valence-electron chi connectivity index (χ2n) is 6.04. The molecule has 9 heteroatoms. The van der Waals surface area contributed by atoms with Gasteiger partial charge in [0, 0.05) is 18.3 Å². The van der Waals surface area contributed by atoms with Crippen molar-refractivity contribution in [3.63, 3.8) is 0 Å². The van der Waals surface area contributed by atoms with Gasteiger partial charge >= 0.3 is 11.9 Å². The highest BCUT2D eigenvalue weighted by Gasteiger charge is 2.28. The number of amides is 2. The first-order valence-corrected chi connectivity index (χ1v) is 8.09. The highest BCUT2D eigenvalue weighted by atomic mass is 16.4. The Morgan fingerprint density at radius 1 is 1.23 bits per heavy atom. The molecule has 0 saturated carbocycles. The molecule has 0 saturated heterocycles. The van der Waals surface area contributed by atoms with E-state index in [1.165, 1.54) is 6.20 Å². The van der Waals surface area contributed by atoms with Gasteiger partial charge in [0.15, 0.2) is 1.41 Å². The molecule has 2 atom stereocenters. The van der Waals surface area contributed by atoms with E-state index < -0.39 is 48.2 Å². The van der Waals surface area contributed by atoms with Crippen molar-refractivity contribution < 1.29 is 30.8 Å². The number of carbonyl (C=O) groups is 4. The molecule has 4 N–H and O–H groups in total. The topological polar surface area (TPSA) is 146 Å². The summed E-state index contributed by atoms with van der Waals surface area (Å²) < 4.78 is 8.02. The molecule has 0 spiro atoms. The lowest BCUT2D eigenvalue weighted by molar-refractivity contribution is -0.143. The molecule has 0 bridgehead atoms. The minimum Gasteiger partial charge on any atom is -0.481 e. The fourth-order valence-electron chi connectivity index (χ4n) is 2.15. The third kappa shape index (κ3) is 7.29. The molecule has 0 radical (unpaired) electrons. The summed E-state index contributed by atoms with van der Waals surface area (Å²) in [6.07, 6.45) is 0.583. The second-order valence-corrected chi connectivity index (χ2v) is 6.04. The number of rotatable bonds is 10. The van der Waals surface area contributed by atoms with Crippen LogP contribution in [0, 0.1) is 5.92 Å². The Morgan fingerprint density at radius 2 is 1.92 bits per heavy atom. The zero-order valence-corrected chi connectivity index (χ0v) is 14.6. The molecule has 0 aromatic carbocycles. The highest BCUT2D eigenvalue weighted by molar-refractivity contribution is 5.91. The van der Waals surface area contributed by atoms with E-state index in [1.807, 2.05) is 0 Å². The number of pyridine rings is 1. The first-order valence-electron chi connectivity index (χ1n) is 8.54. The number of aromatic nitrogens is 1. The Bertz CT molecular complexity index is 683. The van der Waals surface area contributed by atoms with Crippen LogP contribution >= 0.6 is 0 Å². The Labute approximate surface area is 152 Å². The molecule has 1 aromatic rings. The van der Waals surface area contributed by atoms with Crippen molar-refractivity contribution in [2.24, 2.45) is 5.92 Å². The van der Waals surface area contributed by atoms with Crippen LogP contribution in [-0.2, 0) is 25.6 Å². The van der Waals surface area contributed by atoms with E-state index in [1.54, 1.807) is 32.0 Å². The molecule has 0 unspecified atom stereocenters. The molecule has 1 heterocycles. The van der Waals surface area contributed by atoms with Crippen molar-refractivity contribution in [2.45, 2.75) is 45.2 Å². The minimum absolute atomic E-state index is 0.178. The van der Waals surface area contributed by atoms with Crippen LogP contribution in [0.1, 0.15) is 32.4 Å². The van der Waals surface area contributed by atoms with Crippen molar-refractivity contribution in [2.75, 3.05) is 0 Å².